The van der Waals surface area contributed by atoms with Gasteiger partial charge in [-0.15, -0.1) is 0 Å². The molecule has 7 N–H and O–H groups in total. The van der Waals surface area contributed by atoms with E-state index in [0.29, 0.717) is 70.3 Å². The third kappa shape index (κ3) is 8.30. The van der Waals surface area contributed by atoms with Gasteiger partial charge in [0.2, 0.25) is 15.9 Å². The SMILES string of the molecule is CC1CNc2c(cccc2S(=O)(=O)N[C@@H](CCCNC(=N)N)C(=O)N2CCN(CCCC(=O)O)CC2)C1. The van der Waals surface area contributed by atoms with Gasteiger partial charge in [0.05, 0.1) is 5.69 Å². The van der Waals surface area contributed by atoms with Gasteiger partial charge in [0.25, 0.3) is 0 Å². The zero-order valence-corrected chi connectivity index (χ0v) is 22.1. The largest absolute Gasteiger partial charge is 0.481 e. The van der Waals surface area contributed by atoms with E-state index in [1.54, 1.807) is 17.0 Å². The first kappa shape index (κ1) is 28.7. The fourth-order valence-corrected chi connectivity index (χ4v) is 6.22. The van der Waals surface area contributed by atoms with E-state index in [1.165, 1.54) is 0 Å². The maximum absolute atomic E-state index is 13.5. The molecule has 0 bridgehead atoms. The first-order chi connectivity index (χ1) is 17.6. The lowest BCUT2D eigenvalue weighted by atomic mass is 9.96. The summed E-state index contributed by atoms with van der Waals surface area (Å²) >= 11 is 0. The van der Waals surface area contributed by atoms with E-state index in [9.17, 15) is 18.0 Å². The van der Waals surface area contributed by atoms with Crippen molar-refractivity contribution in [1.82, 2.24) is 19.8 Å². The Kier molecular flexibility index (Phi) is 10.1. The van der Waals surface area contributed by atoms with Crippen LogP contribution in [0.15, 0.2) is 23.1 Å². The third-order valence-electron chi connectivity index (χ3n) is 6.73. The maximum atomic E-state index is 13.5. The normalized spacial score (nSPS) is 18.9. The van der Waals surface area contributed by atoms with Crippen LogP contribution in [0.4, 0.5) is 5.69 Å². The molecule has 1 aromatic rings. The molecule has 2 aliphatic rings. The van der Waals surface area contributed by atoms with Gasteiger partial charge in [0.1, 0.15) is 10.9 Å². The van der Waals surface area contributed by atoms with Crippen LogP contribution in [0.2, 0.25) is 0 Å². The zero-order valence-electron chi connectivity index (χ0n) is 21.3. The second-order valence-corrected chi connectivity index (χ2v) is 11.5. The molecule has 1 amide bonds. The number of carbonyl (C=O) groups is 2. The van der Waals surface area contributed by atoms with Crippen LogP contribution in [0.1, 0.15) is 38.2 Å². The predicted octanol–water partition coefficient (Wildman–Crippen LogP) is 0.210. The van der Waals surface area contributed by atoms with E-state index in [4.69, 9.17) is 16.2 Å². The molecule has 1 unspecified atom stereocenters. The molecule has 1 saturated heterocycles. The number of hydrogen-bond donors (Lipinski definition) is 6. The van der Waals surface area contributed by atoms with Gasteiger partial charge in [0, 0.05) is 45.7 Å². The lowest BCUT2D eigenvalue weighted by Gasteiger charge is -2.36. The van der Waals surface area contributed by atoms with E-state index in [0.717, 1.165) is 12.0 Å². The molecule has 0 spiro atoms. The number of nitrogens with two attached hydrogens (primary N) is 1. The lowest BCUT2D eigenvalue weighted by molar-refractivity contribution is -0.137. The Bertz CT molecular complexity index is 1070. The Morgan fingerprint density at radius 2 is 1.97 bits per heavy atom. The number of carbonyl (C=O) groups excluding carboxylic acids is 1. The molecule has 37 heavy (non-hydrogen) atoms. The van der Waals surface area contributed by atoms with Gasteiger partial charge >= 0.3 is 5.97 Å². The zero-order chi connectivity index (χ0) is 27.0. The molecule has 0 saturated carbocycles. The summed E-state index contributed by atoms with van der Waals surface area (Å²) < 4.78 is 29.7. The number of para-hydroxylation sites is 1. The van der Waals surface area contributed by atoms with Crippen LogP contribution < -0.4 is 21.1 Å². The summed E-state index contributed by atoms with van der Waals surface area (Å²) in [7, 11) is -4.00. The Morgan fingerprint density at radius 1 is 1.24 bits per heavy atom. The van der Waals surface area contributed by atoms with Gasteiger partial charge in [-0.1, -0.05) is 19.1 Å². The van der Waals surface area contributed by atoms with Crippen molar-refractivity contribution >= 4 is 33.5 Å². The molecular weight excluding hydrogens is 498 g/mol. The molecule has 0 radical (unpaired) electrons. The molecular formula is C24H39N7O5S. The number of aliphatic carboxylic acids is 1. The van der Waals surface area contributed by atoms with Crippen LogP contribution >= 0.6 is 0 Å². The highest BCUT2D eigenvalue weighted by Gasteiger charge is 2.32. The number of fused-ring (bicyclic) bond motifs is 1. The predicted molar refractivity (Wildman–Crippen MR) is 141 cm³/mol. The van der Waals surface area contributed by atoms with Crippen molar-refractivity contribution in [2.45, 2.75) is 50.0 Å². The summed E-state index contributed by atoms with van der Waals surface area (Å²) in [6.45, 7) is 5.85. The third-order valence-corrected chi connectivity index (χ3v) is 8.24. The number of anilines is 1. The minimum absolute atomic E-state index is 0.105. The summed E-state index contributed by atoms with van der Waals surface area (Å²) in [5.41, 5.74) is 6.87. The van der Waals surface area contributed by atoms with E-state index in [-0.39, 0.29) is 29.6 Å². The highest BCUT2D eigenvalue weighted by atomic mass is 32.2. The topological polar surface area (TPSA) is 181 Å². The maximum Gasteiger partial charge on any atom is 0.303 e. The van der Waals surface area contributed by atoms with Crippen LogP contribution in [0.5, 0.6) is 0 Å². The Balaban J connectivity index is 1.70. The number of sulfonamides is 1. The average molecular weight is 538 g/mol. The highest BCUT2D eigenvalue weighted by Crippen LogP contribution is 2.31. The smallest absolute Gasteiger partial charge is 0.303 e. The standard InChI is InChI=1S/C24H39N7O5S/c1-17-15-18-5-2-7-20(22(18)28-16-17)37(35,36)29-19(6-3-9-27-24(25)26)23(34)31-13-11-30(12-14-31)10-4-8-21(32)33/h2,5,7,17,19,28-29H,3-4,6,8-16H2,1H3,(H,32,33)(H4,25,26,27)/t17?,19-/m0/s1. The van der Waals surface area contributed by atoms with Crippen molar-refractivity contribution < 1.29 is 23.1 Å². The number of nitrogens with one attached hydrogen (secondary N) is 4. The summed E-state index contributed by atoms with van der Waals surface area (Å²) in [5, 5.41) is 22.1. The molecule has 0 aliphatic carbocycles. The van der Waals surface area contributed by atoms with Crippen molar-refractivity contribution in [3.63, 3.8) is 0 Å². The van der Waals surface area contributed by atoms with Gasteiger partial charge < -0.3 is 26.4 Å². The van der Waals surface area contributed by atoms with Crippen LogP contribution in [0.3, 0.4) is 0 Å². The summed E-state index contributed by atoms with van der Waals surface area (Å²) in [6, 6.07) is 4.24. The van der Waals surface area contributed by atoms with Crippen molar-refractivity contribution in [1.29, 1.82) is 5.41 Å². The molecule has 0 aromatic heterocycles. The number of carboxylic acid groups (broad SMARTS) is 1. The molecule has 1 fully saturated rings. The summed E-state index contributed by atoms with van der Waals surface area (Å²) in [6.07, 6.45) is 2.12. The van der Waals surface area contributed by atoms with Crippen molar-refractivity contribution in [2.24, 2.45) is 11.7 Å². The number of hydrogen-bond acceptors (Lipinski definition) is 7. The number of guanidine groups is 1. The van der Waals surface area contributed by atoms with Crippen LogP contribution in [-0.4, -0.2) is 93.0 Å². The van der Waals surface area contributed by atoms with E-state index < -0.39 is 22.0 Å². The number of benzene rings is 1. The Hall–Kier alpha value is -2.90. The van der Waals surface area contributed by atoms with Gasteiger partial charge in [-0.05, 0) is 49.8 Å². The fourth-order valence-electron chi connectivity index (χ4n) is 4.77. The van der Waals surface area contributed by atoms with Crippen LogP contribution in [0.25, 0.3) is 0 Å². The lowest BCUT2D eigenvalue weighted by Crippen LogP contribution is -2.55. The van der Waals surface area contributed by atoms with Gasteiger partial charge in [-0.25, -0.2) is 8.42 Å². The van der Waals surface area contributed by atoms with E-state index in [2.05, 4.69) is 27.2 Å². The highest BCUT2D eigenvalue weighted by molar-refractivity contribution is 7.89. The number of amides is 1. The molecule has 2 aliphatic heterocycles. The van der Waals surface area contributed by atoms with E-state index in [1.807, 2.05) is 6.07 Å². The minimum atomic E-state index is -4.00. The van der Waals surface area contributed by atoms with Crippen LogP contribution in [0, 0.1) is 11.3 Å². The molecule has 13 heteroatoms. The summed E-state index contributed by atoms with van der Waals surface area (Å²) in [4.78, 5) is 28.2. The van der Waals surface area contributed by atoms with Gasteiger partial charge in [-0.2, -0.15) is 4.72 Å². The van der Waals surface area contributed by atoms with Crippen molar-refractivity contribution in [2.75, 3.05) is 51.1 Å². The quantitative estimate of drug-likeness (QED) is 0.123. The number of carboxylic acids is 1. The van der Waals surface area contributed by atoms with Crippen molar-refractivity contribution in [3.05, 3.63) is 23.8 Å². The van der Waals surface area contributed by atoms with Gasteiger partial charge in [0.15, 0.2) is 5.96 Å². The fraction of sp³-hybridized carbons (Fsp3) is 0.625. The van der Waals surface area contributed by atoms with E-state index >= 15 is 0 Å². The molecule has 206 valence electrons. The number of rotatable bonds is 12. The monoisotopic (exact) mass is 537 g/mol. The minimum Gasteiger partial charge on any atom is -0.481 e. The van der Waals surface area contributed by atoms with Gasteiger partial charge in [-0.3, -0.25) is 19.9 Å². The Labute approximate surface area is 218 Å². The first-order valence-electron chi connectivity index (χ1n) is 12.8. The Morgan fingerprint density at radius 3 is 2.65 bits per heavy atom. The number of nitrogens with zero attached hydrogens (tertiary/aromatic N) is 2. The molecule has 12 nitrogen and oxygen atoms in total. The number of piperazine rings is 1. The molecule has 1 aromatic carbocycles. The van der Waals surface area contributed by atoms with Crippen molar-refractivity contribution in [3.8, 4) is 0 Å². The second-order valence-electron chi connectivity index (χ2n) is 9.80. The molecule has 2 heterocycles. The second kappa shape index (κ2) is 13.1. The molecule has 2 atom stereocenters. The summed E-state index contributed by atoms with van der Waals surface area (Å²) in [5.74, 6) is -0.904. The average Bonchev–Trinajstić information content (AvgIpc) is 2.85. The molecule has 3 rings (SSSR count). The van der Waals surface area contributed by atoms with Crippen LogP contribution in [-0.2, 0) is 26.0 Å². The first-order valence-corrected chi connectivity index (χ1v) is 14.2.